The Balaban J connectivity index is 2.97. The smallest absolute Gasteiger partial charge is 0.127 e. The van der Waals surface area contributed by atoms with Crippen molar-refractivity contribution in [3.8, 4) is 0 Å². The molecule has 20 heavy (non-hydrogen) atoms. The molecular formula is C16H27FN2O. The van der Waals surface area contributed by atoms with Crippen LogP contribution in [0.15, 0.2) is 24.3 Å². The van der Waals surface area contributed by atoms with E-state index in [1.165, 1.54) is 6.07 Å². The van der Waals surface area contributed by atoms with Crippen LogP contribution in [0.25, 0.3) is 0 Å². The van der Waals surface area contributed by atoms with Crippen molar-refractivity contribution in [2.75, 3.05) is 13.7 Å². The molecule has 114 valence electrons. The van der Waals surface area contributed by atoms with Gasteiger partial charge in [0.15, 0.2) is 0 Å². The highest BCUT2D eigenvalue weighted by molar-refractivity contribution is 5.21. The van der Waals surface area contributed by atoms with Crippen molar-refractivity contribution in [2.45, 2.75) is 45.8 Å². The van der Waals surface area contributed by atoms with Crippen LogP contribution in [0.1, 0.15) is 39.3 Å². The van der Waals surface area contributed by atoms with E-state index in [0.29, 0.717) is 5.56 Å². The van der Waals surface area contributed by atoms with Crippen LogP contribution in [0.4, 0.5) is 4.39 Å². The zero-order valence-electron chi connectivity index (χ0n) is 13.1. The maximum atomic E-state index is 13.9. The molecule has 0 spiro atoms. The second-order valence-corrected chi connectivity index (χ2v) is 6.50. The third-order valence-corrected chi connectivity index (χ3v) is 4.09. The fraction of sp³-hybridized carbons (Fsp3) is 0.625. The Morgan fingerprint density at radius 2 is 1.85 bits per heavy atom. The van der Waals surface area contributed by atoms with Crippen molar-refractivity contribution in [1.82, 2.24) is 4.90 Å². The Bertz CT molecular complexity index is 431. The number of benzene rings is 1. The molecule has 4 heteroatoms. The summed E-state index contributed by atoms with van der Waals surface area (Å²) in [6.45, 7) is 8.01. The highest BCUT2D eigenvalue weighted by Crippen LogP contribution is 2.28. The van der Waals surface area contributed by atoms with Crippen molar-refractivity contribution >= 4 is 0 Å². The molecule has 0 saturated carbocycles. The van der Waals surface area contributed by atoms with E-state index in [-0.39, 0.29) is 36.0 Å². The first-order chi connectivity index (χ1) is 9.20. The second kappa shape index (κ2) is 6.66. The van der Waals surface area contributed by atoms with Crippen LogP contribution in [0.2, 0.25) is 0 Å². The summed E-state index contributed by atoms with van der Waals surface area (Å²) >= 11 is 0. The van der Waals surface area contributed by atoms with E-state index < -0.39 is 0 Å². The van der Waals surface area contributed by atoms with Gasteiger partial charge in [-0.2, -0.15) is 0 Å². The van der Waals surface area contributed by atoms with Crippen molar-refractivity contribution < 1.29 is 9.50 Å². The largest absolute Gasteiger partial charge is 0.395 e. The molecular weight excluding hydrogens is 255 g/mol. The first kappa shape index (κ1) is 17.1. The van der Waals surface area contributed by atoms with E-state index in [2.05, 4.69) is 0 Å². The lowest BCUT2D eigenvalue weighted by molar-refractivity contribution is 0.0639. The first-order valence-electron chi connectivity index (χ1n) is 7.03. The molecule has 0 heterocycles. The van der Waals surface area contributed by atoms with Crippen molar-refractivity contribution in [3.05, 3.63) is 35.6 Å². The Hall–Kier alpha value is -0.970. The Labute approximate surface area is 121 Å². The topological polar surface area (TPSA) is 49.5 Å². The van der Waals surface area contributed by atoms with Gasteiger partial charge < -0.3 is 10.8 Å². The van der Waals surface area contributed by atoms with Gasteiger partial charge in [0, 0.05) is 23.7 Å². The van der Waals surface area contributed by atoms with Crippen LogP contribution in [0.5, 0.6) is 0 Å². The standard InChI is InChI=1S/C16H27FN2O/c1-11(12-8-6-7-9-13(12)17)19(5)14(10-20)15(18)16(2,3)4/h6-9,11,14-15,20H,10,18H2,1-5H3. The van der Waals surface area contributed by atoms with E-state index in [9.17, 15) is 9.50 Å². The first-order valence-corrected chi connectivity index (χ1v) is 7.03. The summed E-state index contributed by atoms with van der Waals surface area (Å²) < 4.78 is 13.9. The lowest BCUT2D eigenvalue weighted by Crippen LogP contribution is -2.54. The Kier molecular flexibility index (Phi) is 5.68. The summed E-state index contributed by atoms with van der Waals surface area (Å²) in [7, 11) is 1.88. The maximum Gasteiger partial charge on any atom is 0.127 e. The van der Waals surface area contributed by atoms with Gasteiger partial charge >= 0.3 is 0 Å². The van der Waals surface area contributed by atoms with Gasteiger partial charge in [-0.3, -0.25) is 4.90 Å². The zero-order chi connectivity index (χ0) is 15.5. The molecule has 1 rings (SSSR count). The lowest BCUT2D eigenvalue weighted by atomic mass is 9.82. The van der Waals surface area contributed by atoms with Gasteiger partial charge in [0.2, 0.25) is 0 Å². The monoisotopic (exact) mass is 282 g/mol. The normalized spacial score (nSPS) is 17.1. The van der Waals surface area contributed by atoms with Gasteiger partial charge in [0.25, 0.3) is 0 Å². The predicted octanol–water partition coefficient (Wildman–Crippen LogP) is 2.55. The Morgan fingerprint density at radius 1 is 1.30 bits per heavy atom. The molecule has 0 aliphatic heterocycles. The number of aliphatic hydroxyl groups excluding tert-OH is 1. The quantitative estimate of drug-likeness (QED) is 0.872. The summed E-state index contributed by atoms with van der Waals surface area (Å²) in [5.41, 5.74) is 6.76. The fourth-order valence-corrected chi connectivity index (χ4v) is 2.39. The molecule has 3 atom stereocenters. The number of aliphatic hydroxyl groups is 1. The summed E-state index contributed by atoms with van der Waals surface area (Å²) in [6.07, 6.45) is 0. The number of hydrogen-bond acceptors (Lipinski definition) is 3. The van der Waals surface area contributed by atoms with E-state index in [0.717, 1.165) is 0 Å². The molecule has 1 aromatic rings. The van der Waals surface area contributed by atoms with Crippen molar-refractivity contribution in [1.29, 1.82) is 0 Å². The molecule has 3 unspecified atom stereocenters. The summed E-state index contributed by atoms with van der Waals surface area (Å²) in [6, 6.07) is 6.15. The highest BCUT2D eigenvalue weighted by atomic mass is 19.1. The summed E-state index contributed by atoms with van der Waals surface area (Å²) in [4.78, 5) is 1.95. The van der Waals surface area contributed by atoms with Crippen molar-refractivity contribution in [3.63, 3.8) is 0 Å². The van der Waals surface area contributed by atoms with Crippen LogP contribution >= 0.6 is 0 Å². The van der Waals surface area contributed by atoms with Crippen molar-refractivity contribution in [2.24, 2.45) is 11.1 Å². The maximum absolute atomic E-state index is 13.9. The third-order valence-electron chi connectivity index (χ3n) is 4.09. The van der Waals surface area contributed by atoms with E-state index >= 15 is 0 Å². The molecule has 0 fully saturated rings. The molecule has 0 aliphatic rings. The number of nitrogens with zero attached hydrogens (tertiary/aromatic N) is 1. The molecule has 0 saturated heterocycles. The van der Waals surface area contributed by atoms with Crippen LogP contribution in [0, 0.1) is 11.2 Å². The van der Waals surface area contributed by atoms with Gasteiger partial charge in [-0.25, -0.2) is 4.39 Å². The molecule has 3 nitrogen and oxygen atoms in total. The molecule has 0 radical (unpaired) electrons. The van der Waals surface area contributed by atoms with Crippen LogP contribution in [-0.4, -0.2) is 35.7 Å². The minimum absolute atomic E-state index is 0.0479. The van der Waals surface area contributed by atoms with E-state index in [1.807, 2.05) is 45.7 Å². The van der Waals surface area contributed by atoms with Gasteiger partial charge in [0.05, 0.1) is 6.61 Å². The molecule has 1 aromatic carbocycles. The minimum atomic E-state index is -0.229. The lowest BCUT2D eigenvalue weighted by Gasteiger charge is -2.41. The Morgan fingerprint density at radius 3 is 2.30 bits per heavy atom. The van der Waals surface area contributed by atoms with Gasteiger partial charge in [-0.05, 0) is 25.5 Å². The SMILES string of the molecule is CC(c1ccccc1F)N(C)C(CO)C(N)C(C)(C)C. The van der Waals surface area contributed by atoms with E-state index in [1.54, 1.807) is 12.1 Å². The van der Waals surface area contributed by atoms with E-state index in [4.69, 9.17) is 5.73 Å². The fourth-order valence-electron chi connectivity index (χ4n) is 2.39. The zero-order valence-corrected chi connectivity index (χ0v) is 13.1. The third kappa shape index (κ3) is 3.78. The van der Waals surface area contributed by atoms with Gasteiger partial charge in [-0.15, -0.1) is 0 Å². The molecule has 0 aromatic heterocycles. The average Bonchev–Trinajstić information content (AvgIpc) is 2.38. The summed E-state index contributed by atoms with van der Waals surface area (Å²) in [5.74, 6) is -0.229. The average molecular weight is 282 g/mol. The number of rotatable bonds is 5. The molecule has 0 bridgehead atoms. The number of hydrogen-bond donors (Lipinski definition) is 2. The van der Waals surface area contributed by atoms with Crippen LogP contribution in [0.3, 0.4) is 0 Å². The van der Waals surface area contributed by atoms with Crippen LogP contribution in [-0.2, 0) is 0 Å². The van der Waals surface area contributed by atoms with Gasteiger partial charge in [-0.1, -0.05) is 39.0 Å². The number of halogens is 1. The molecule has 0 amide bonds. The predicted molar refractivity (Wildman–Crippen MR) is 80.9 cm³/mol. The summed E-state index contributed by atoms with van der Waals surface area (Å²) in [5, 5.41) is 9.68. The number of likely N-dealkylation sites (N-methyl/N-ethyl adjacent to an activating group) is 1. The highest BCUT2D eigenvalue weighted by Gasteiger charge is 2.33. The molecule has 0 aliphatic carbocycles. The van der Waals surface area contributed by atoms with Crippen LogP contribution < -0.4 is 5.73 Å². The minimum Gasteiger partial charge on any atom is -0.395 e. The van der Waals surface area contributed by atoms with Gasteiger partial charge in [0.1, 0.15) is 5.82 Å². The molecule has 3 N–H and O–H groups in total. The number of nitrogens with two attached hydrogens (primary N) is 1. The second-order valence-electron chi connectivity index (χ2n) is 6.50.